The molecule has 0 saturated carbocycles. The fourth-order valence-corrected chi connectivity index (χ4v) is 2.10. The van der Waals surface area contributed by atoms with Crippen molar-refractivity contribution < 1.29 is 18.3 Å². The average Bonchev–Trinajstić information content (AvgIpc) is 2.43. The Morgan fingerprint density at radius 2 is 1.76 bits per heavy atom. The van der Waals surface area contributed by atoms with Crippen LogP contribution in [0.2, 0.25) is 5.02 Å². The van der Waals surface area contributed by atoms with E-state index in [1.165, 1.54) is 6.07 Å². The number of phenolic OH excluding ortho intramolecular Hbond substituents is 1. The zero-order valence-corrected chi connectivity index (χ0v) is 11.7. The van der Waals surface area contributed by atoms with Crippen LogP contribution >= 0.6 is 11.6 Å². The van der Waals surface area contributed by atoms with Crippen molar-refractivity contribution in [2.24, 2.45) is 0 Å². The van der Waals surface area contributed by atoms with Crippen molar-refractivity contribution in [1.29, 1.82) is 0 Å². The summed E-state index contributed by atoms with van der Waals surface area (Å²) in [5, 5.41) is 12.9. The number of nitrogens with one attached hydrogen (secondary N) is 1. The van der Waals surface area contributed by atoms with E-state index in [-0.39, 0.29) is 17.3 Å². The fraction of sp³-hybridized carbons (Fsp3) is 0.200. The number of hydrogen-bond donors (Lipinski definition) is 2. The quantitative estimate of drug-likeness (QED) is 0.879. The fourth-order valence-electron chi connectivity index (χ4n) is 1.90. The van der Waals surface area contributed by atoms with Gasteiger partial charge in [0.15, 0.2) is 0 Å². The van der Waals surface area contributed by atoms with Crippen molar-refractivity contribution in [3.63, 3.8) is 0 Å². The van der Waals surface area contributed by atoms with Gasteiger partial charge in [-0.3, -0.25) is 0 Å². The van der Waals surface area contributed by atoms with Gasteiger partial charge in [0.25, 0.3) is 0 Å². The number of halogens is 4. The summed E-state index contributed by atoms with van der Waals surface area (Å²) in [7, 11) is 0. The molecule has 0 saturated heterocycles. The van der Waals surface area contributed by atoms with Gasteiger partial charge in [-0.2, -0.15) is 13.2 Å². The Balaban J connectivity index is 1.99. The second-order valence-corrected chi connectivity index (χ2v) is 4.96. The summed E-state index contributed by atoms with van der Waals surface area (Å²) in [5.41, 5.74) is 0.438. The Morgan fingerprint density at radius 3 is 2.48 bits per heavy atom. The highest BCUT2D eigenvalue weighted by Crippen LogP contribution is 2.29. The molecule has 0 spiro atoms. The summed E-state index contributed by atoms with van der Waals surface area (Å²) >= 11 is 5.78. The van der Waals surface area contributed by atoms with Crippen LogP contribution in [0.3, 0.4) is 0 Å². The van der Waals surface area contributed by atoms with Gasteiger partial charge >= 0.3 is 6.18 Å². The summed E-state index contributed by atoms with van der Waals surface area (Å²) in [6, 6.07) is 10.1. The van der Waals surface area contributed by atoms with E-state index in [0.717, 1.165) is 12.1 Å². The van der Waals surface area contributed by atoms with Gasteiger partial charge in [-0.05, 0) is 17.7 Å². The highest BCUT2D eigenvalue weighted by molar-refractivity contribution is 6.32. The maximum atomic E-state index is 12.6. The lowest BCUT2D eigenvalue weighted by Crippen LogP contribution is -2.14. The SMILES string of the molecule is Oc1c(Cl)cccc1CNCc1cccc(C(F)(F)F)c1. The van der Waals surface area contributed by atoms with E-state index in [9.17, 15) is 18.3 Å². The summed E-state index contributed by atoms with van der Waals surface area (Å²) in [4.78, 5) is 0. The second kappa shape index (κ2) is 6.37. The number of benzene rings is 2. The molecule has 2 aromatic rings. The molecule has 2 aromatic carbocycles. The first-order valence-corrected chi connectivity index (χ1v) is 6.59. The summed E-state index contributed by atoms with van der Waals surface area (Å²) < 4.78 is 37.8. The first-order valence-electron chi connectivity index (χ1n) is 6.21. The van der Waals surface area contributed by atoms with Gasteiger partial charge in [0.05, 0.1) is 10.6 Å². The maximum absolute atomic E-state index is 12.6. The van der Waals surface area contributed by atoms with Crippen molar-refractivity contribution in [3.8, 4) is 5.75 Å². The predicted octanol–water partition coefficient (Wildman–Crippen LogP) is 4.35. The van der Waals surface area contributed by atoms with Crippen LogP contribution in [0.25, 0.3) is 0 Å². The molecule has 21 heavy (non-hydrogen) atoms. The molecule has 2 N–H and O–H groups in total. The number of aromatic hydroxyl groups is 1. The van der Waals surface area contributed by atoms with Crippen LogP contribution < -0.4 is 5.32 Å². The highest BCUT2D eigenvalue weighted by atomic mass is 35.5. The standard InChI is InChI=1S/C15H13ClF3NO/c16-13-6-2-4-11(14(13)21)9-20-8-10-3-1-5-12(7-10)15(17,18)19/h1-7,20-21H,8-9H2. The van der Waals surface area contributed by atoms with E-state index in [4.69, 9.17) is 11.6 Å². The summed E-state index contributed by atoms with van der Waals surface area (Å²) in [6.45, 7) is 0.568. The minimum atomic E-state index is -4.35. The monoisotopic (exact) mass is 315 g/mol. The molecule has 0 aliphatic rings. The van der Waals surface area contributed by atoms with Crippen molar-refractivity contribution in [3.05, 3.63) is 64.2 Å². The average molecular weight is 316 g/mol. The molecule has 0 heterocycles. The number of para-hydroxylation sites is 1. The van der Waals surface area contributed by atoms with E-state index < -0.39 is 11.7 Å². The largest absolute Gasteiger partial charge is 0.506 e. The molecule has 2 nitrogen and oxygen atoms in total. The molecule has 0 bridgehead atoms. The lowest BCUT2D eigenvalue weighted by Gasteiger charge is -2.10. The van der Waals surface area contributed by atoms with Gasteiger partial charge in [-0.1, -0.05) is 41.9 Å². The normalized spacial score (nSPS) is 11.6. The molecule has 0 aromatic heterocycles. The van der Waals surface area contributed by atoms with Crippen molar-refractivity contribution >= 4 is 11.6 Å². The topological polar surface area (TPSA) is 32.3 Å². The van der Waals surface area contributed by atoms with E-state index in [1.807, 2.05) is 0 Å². The first kappa shape index (κ1) is 15.7. The Morgan fingerprint density at radius 1 is 1.05 bits per heavy atom. The van der Waals surface area contributed by atoms with Crippen molar-refractivity contribution in [2.45, 2.75) is 19.3 Å². The Kier molecular flexibility index (Phi) is 4.75. The van der Waals surface area contributed by atoms with Gasteiger partial charge < -0.3 is 10.4 Å². The molecule has 0 aliphatic carbocycles. The van der Waals surface area contributed by atoms with Crippen LogP contribution in [0.4, 0.5) is 13.2 Å². The molecule has 0 atom stereocenters. The van der Waals surface area contributed by atoms with Crippen LogP contribution in [-0.4, -0.2) is 5.11 Å². The highest BCUT2D eigenvalue weighted by Gasteiger charge is 2.30. The van der Waals surface area contributed by atoms with Gasteiger partial charge in [0.1, 0.15) is 5.75 Å². The molecule has 0 aliphatic heterocycles. The van der Waals surface area contributed by atoms with E-state index in [2.05, 4.69) is 5.32 Å². The molecule has 6 heteroatoms. The zero-order chi connectivity index (χ0) is 15.5. The second-order valence-electron chi connectivity index (χ2n) is 4.55. The number of alkyl halides is 3. The minimum Gasteiger partial charge on any atom is -0.506 e. The molecular formula is C15H13ClF3NO. The summed E-state index contributed by atoms with van der Waals surface area (Å²) in [6.07, 6.45) is -4.35. The van der Waals surface area contributed by atoms with Crippen LogP contribution in [0.15, 0.2) is 42.5 Å². The number of phenols is 1. The zero-order valence-electron chi connectivity index (χ0n) is 10.9. The van der Waals surface area contributed by atoms with Gasteiger partial charge in [-0.15, -0.1) is 0 Å². The van der Waals surface area contributed by atoms with E-state index in [0.29, 0.717) is 17.7 Å². The van der Waals surface area contributed by atoms with Crippen molar-refractivity contribution in [2.75, 3.05) is 0 Å². The molecule has 0 amide bonds. The Bertz CT molecular complexity index is 629. The number of rotatable bonds is 4. The third-order valence-corrected chi connectivity index (χ3v) is 3.27. The van der Waals surface area contributed by atoms with Gasteiger partial charge in [0.2, 0.25) is 0 Å². The van der Waals surface area contributed by atoms with Crippen LogP contribution in [0.5, 0.6) is 5.75 Å². The molecule has 0 unspecified atom stereocenters. The van der Waals surface area contributed by atoms with Gasteiger partial charge in [0, 0.05) is 18.7 Å². The van der Waals surface area contributed by atoms with Gasteiger partial charge in [-0.25, -0.2) is 0 Å². The number of hydrogen-bond acceptors (Lipinski definition) is 2. The molecule has 0 fully saturated rings. The van der Waals surface area contributed by atoms with Crippen LogP contribution in [0.1, 0.15) is 16.7 Å². The van der Waals surface area contributed by atoms with Crippen LogP contribution in [0, 0.1) is 0 Å². The van der Waals surface area contributed by atoms with E-state index in [1.54, 1.807) is 24.3 Å². The predicted molar refractivity (Wildman–Crippen MR) is 75.1 cm³/mol. The first-order chi connectivity index (χ1) is 9.88. The third kappa shape index (κ3) is 4.12. The smallest absolute Gasteiger partial charge is 0.416 e. The maximum Gasteiger partial charge on any atom is 0.416 e. The lowest BCUT2D eigenvalue weighted by molar-refractivity contribution is -0.137. The van der Waals surface area contributed by atoms with Crippen molar-refractivity contribution in [1.82, 2.24) is 5.32 Å². The summed E-state index contributed by atoms with van der Waals surface area (Å²) in [5.74, 6) is -0.0179. The van der Waals surface area contributed by atoms with Crippen LogP contribution in [-0.2, 0) is 19.3 Å². The molecule has 112 valence electrons. The van der Waals surface area contributed by atoms with E-state index >= 15 is 0 Å². The molecule has 2 rings (SSSR count). The molecule has 0 radical (unpaired) electrons. The lowest BCUT2D eigenvalue weighted by atomic mass is 10.1. The third-order valence-electron chi connectivity index (χ3n) is 2.97. The molecular weight excluding hydrogens is 303 g/mol. The Labute approximate surface area is 125 Å². The minimum absolute atomic E-state index is 0.0179. The Hall–Kier alpha value is -1.72.